The number of thiocarbonyl (C=S) groups is 1. The van der Waals surface area contributed by atoms with Gasteiger partial charge in [0.15, 0.2) is 0 Å². The molecule has 1 fully saturated rings. The fourth-order valence-electron chi connectivity index (χ4n) is 1.87. The molecule has 0 saturated carbocycles. The van der Waals surface area contributed by atoms with Crippen molar-refractivity contribution in [2.75, 3.05) is 13.2 Å². The number of nitrogens with two attached hydrogens (primary N) is 1. The summed E-state index contributed by atoms with van der Waals surface area (Å²) in [4.78, 5) is 11.9. The van der Waals surface area contributed by atoms with E-state index in [4.69, 9.17) is 22.7 Å². The summed E-state index contributed by atoms with van der Waals surface area (Å²) in [7, 11) is 0. The monoisotopic (exact) mass is 244 g/mol. The van der Waals surface area contributed by atoms with Crippen molar-refractivity contribution in [3.63, 3.8) is 0 Å². The summed E-state index contributed by atoms with van der Waals surface area (Å²) in [5.41, 5.74) is 5.49. The van der Waals surface area contributed by atoms with E-state index in [0.717, 1.165) is 25.9 Å². The van der Waals surface area contributed by atoms with Gasteiger partial charge in [0.1, 0.15) is 0 Å². The topological polar surface area (TPSA) is 64.3 Å². The van der Waals surface area contributed by atoms with E-state index < -0.39 is 0 Å². The highest BCUT2D eigenvalue weighted by atomic mass is 32.1. The molecule has 1 heterocycles. The van der Waals surface area contributed by atoms with Crippen LogP contribution in [-0.4, -0.2) is 30.2 Å². The number of nitrogens with one attached hydrogen (secondary N) is 1. The summed E-state index contributed by atoms with van der Waals surface area (Å²) in [6.07, 6.45) is 4.07. The smallest absolute Gasteiger partial charge is 0.229 e. The van der Waals surface area contributed by atoms with Gasteiger partial charge in [-0.3, -0.25) is 4.79 Å². The molecule has 2 unspecified atom stereocenters. The highest BCUT2D eigenvalue weighted by molar-refractivity contribution is 7.80. The minimum atomic E-state index is -0.334. The number of carbonyl (C=O) groups excluding carboxylic acids is 1. The Balaban J connectivity index is 2.20. The van der Waals surface area contributed by atoms with Crippen molar-refractivity contribution < 1.29 is 9.53 Å². The Morgan fingerprint density at radius 3 is 2.94 bits per heavy atom. The molecule has 1 aliphatic rings. The normalized spacial score (nSPS) is 21.7. The molecule has 0 bridgehead atoms. The SMILES string of the molecule is CCC(C(=O)NCCC1CCCO1)C(N)=S. The second-order valence-electron chi connectivity index (χ2n) is 4.08. The van der Waals surface area contributed by atoms with Crippen LogP contribution in [0.3, 0.4) is 0 Å². The largest absolute Gasteiger partial charge is 0.393 e. The third kappa shape index (κ3) is 4.06. The van der Waals surface area contributed by atoms with E-state index in [-0.39, 0.29) is 16.8 Å². The van der Waals surface area contributed by atoms with Crippen molar-refractivity contribution in [2.45, 2.75) is 38.7 Å². The second kappa shape index (κ2) is 6.81. The van der Waals surface area contributed by atoms with Crippen molar-refractivity contribution >= 4 is 23.1 Å². The average molecular weight is 244 g/mol. The number of hydrogen-bond donors (Lipinski definition) is 2. The number of hydrogen-bond acceptors (Lipinski definition) is 3. The van der Waals surface area contributed by atoms with Gasteiger partial charge in [0.25, 0.3) is 0 Å². The van der Waals surface area contributed by atoms with Gasteiger partial charge < -0.3 is 15.8 Å². The van der Waals surface area contributed by atoms with Crippen LogP contribution in [-0.2, 0) is 9.53 Å². The van der Waals surface area contributed by atoms with Crippen LogP contribution in [0.2, 0.25) is 0 Å². The lowest BCUT2D eigenvalue weighted by Gasteiger charge is -2.14. The third-order valence-corrected chi connectivity index (χ3v) is 3.14. The first-order valence-corrected chi connectivity index (χ1v) is 6.24. The Kier molecular flexibility index (Phi) is 5.69. The molecule has 2 atom stereocenters. The van der Waals surface area contributed by atoms with Crippen molar-refractivity contribution in [3.05, 3.63) is 0 Å². The summed E-state index contributed by atoms with van der Waals surface area (Å²) in [6.45, 7) is 3.40. The molecule has 16 heavy (non-hydrogen) atoms. The Morgan fingerprint density at radius 1 is 1.69 bits per heavy atom. The first kappa shape index (κ1) is 13.4. The van der Waals surface area contributed by atoms with Crippen LogP contribution in [0.4, 0.5) is 0 Å². The van der Waals surface area contributed by atoms with E-state index in [2.05, 4.69) is 5.32 Å². The minimum absolute atomic E-state index is 0.0620. The van der Waals surface area contributed by atoms with E-state index in [1.807, 2.05) is 6.92 Å². The van der Waals surface area contributed by atoms with Gasteiger partial charge in [-0.15, -0.1) is 0 Å². The van der Waals surface area contributed by atoms with Crippen LogP contribution >= 0.6 is 12.2 Å². The lowest BCUT2D eigenvalue weighted by Crippen LogP contribution is -2.38. The maximum Gasteiger partial charge on any atom is 0.229 e. The molecule has 0 aliphatic carbocycles. The first-order valence-electron chi connectivity index (χ1n) is 5.83. The number of carbonyl (C=O) groups is 1. The molecule has 92 valence electrons. The first-order chi connectivity index (χ1) is 7.65. The van der Waals surface area contributed by atoms with E-state index in [9.17, 15) is 4.79 Å². The summed E-state index contributed by atoms with van der Waals surface area (Å²) in [5.74, 6) is -0.396. The fraction of sp³-hybridized carbons (Fsp3) is 0.818. The molecule has 0 aromatic heterocycles. The molecule has 1 saturated heterocycles. The molecule has 0 radical (unpaired) electrons. The maximum atomic E-state index is 11.7. The molecule has 0 aromatic rings. The summed E-state index contributed by atoms with van der Waals surface area (Å²) < 4.78 is 5.47. The predicted octanol–water partition coefficient (Wildman–Crippen LogP) is 0.984. The van der Waals surface area contributed by atoms with E-state index in [1.54, 1.807) is 0 Å². The second-order valence-corrected chi connectivity index (χ2v) is 4.55. The highest BCUT2D eigenvalue weighted by Crippen LogP contribution is 2.14. The molecular formula is C11H20N2O2S. The number of rotatable bonds is 6. The molecule has 1 aliphatic heterocycles. The van der Waals surface area contributed by atoms with Crippen molar-refractivity contribution in [1.82, 2.24) is 5.32 Å². The van der Waals surface area contributed by atoms with Crippen LogP contribution in [0.5, 0.6) is 0 Å². The van der Waals surface area contributed by atoms with Gasteiger partial charge in [0, 0.05) is 13.2 Å². The Morgan fingerprint density at radius 2 is 2.44 bits per heavy atom. The minimum Gasteiger partial charge on any atom is -0.393 e. The molecule has 3 N–H and O–H groups in total. The van der Waals surface area contributed by atoms with Gasteiger partial charge in [-0.1, -0.05) is 19.1 Å². The van der Waals surface area contributed by atoms with E-state index in [1.165, 1.54) is 0 Å². The Hall–Kier alpha value is -0.680. The highest BCUT2D eigenvalue weighted by Gasteiger charge is 2.20. The van der Waals surface area contributed by atoms with Crippen LogP contribution in [0.1, 0.15) is 32.6 Å². The third-order valence-electron chi connectivity index (χ3n) is 2.86. The van der Waals surface area contributed by atoms with Gasteiger partial charge in [-0.05, 0) is 25.7 Å². The summed E-state index contributed by atoms with van der Waals surface area (Å²) in [5, 5.41) is 2.86. The van der Waals surface area contributed by atoms with Crippen LogP contribution < -0.4 is 11.1 Å². The zero-order valence-electron chi connectivity index (χ0n) is 9.70. The predicted molar refractivity (Wildman–Crippen MR) is 67.2 cm³/mol. The fourth-order valence-corrected chi connectivity index (χ4v) is 2.14. The molecule has 1 amide bonds. The number of ether oxygens (including phenoxy) is 1. The van der Waals surface area contributed by atoms with E-state index >= 15 is 0 Å². The standard InChI is InChI=1S/C11H20N2O2S/c1-2-9(10(12)16)11(14)13-6-5-8-4-3-7-15-8/h8-9H,2-7H2,1H3,(H2,12,16)(H,13,14). The molecular weight excluding hydrogens is 224 g/mol. The summed E-state index contributed by atoms with van der Waals surface area (Å²) in [6, 6.07) is 0. The van der Waals surface area contributed by atoms with Crippen molar-refractivity contribution in [3.8, 4) is 0 Å². The Labute approximate surface area is 102 Å². The molecule has 0 aromatic carbocycles. The van der Waals surface area contributed by atoms with E-state index in [0.29, 0.717) is 19.1 Å². The zero-order chi connectivity index (χ0) is 12.0. The average Bonchev–Trinajstić information content (AvgIpc) is 2.71. The van der Waals surface area contributed by atoms with Gasteiger partial charge in [0.2, 0.25) is 5.91 Å². The quantitative estimate of drug-likeness (QED) is 0.684. The van der Waals surface area contributed by atoms with Crippen LogP contribution in [0, 0.1) is 5.92 Å². The van der Waals surface area contributed by atoms with Crippen LogP contribution in [0.15, 0.2) is 0 Å². The Bertz CT molecular complexity index is 252. The molecule has 5 heteroatoms. The van der Waals surface area contributed by atoms with Gasteiger partial charge in [-0.2, -0.15) is 0 Å². The van der Waals surface area contributed by atoms with Crippen molar-refractivity contribution in [2.24, 2.45) is 11.7 Å². The van der Waals surface area contributed by atoms with Gasteiger partial charge in [-0.25, -0.2) is 0 Å². The number of amides is 1. The molecule has 4 nitrogen and oxygen atoms in total. The maximum absolute atomic E-state index is 11.7. The van der Waals surface area contributed by atoms with Crippen LogP contribution in [0.25, 0.3) is 0 Å². The van der Waals surface area contributed by atoms with Gasteiger partial charge >= 0.3 is 0 Å². The molecule has 0 spiro atoms. The lowest BCUT2D eigenvalue weighted by atomic mass is 10.1. The van der Waals surface area contributed by atoms with Crippen molar-refractivity contribution in [1.29, 1.82) is 0 Å². The van der Waals surface area contributed by atoms with Gasteiger partial charge in [0.05, 0.1) is 17.0 Å². The lowest BCUT2D eigenvalue weighted by molar-refractivity contribution is -0.123. The summed E-state index contributed by atoms with van der Waals surface area (Å²) >= 11 is 4.84. The molecule has 1 rings (SSSR count). The zero-order valence-corrected chi connectivity index (χ0v) is 10.5.